The summed E-state index contributed by atoms with van der Waals surface area (Å²) in [6.07, 6.45) is 0.0267. The number of nitrogens with zero attached hydrogens (tertiary/aromatic N) is 5. The molecule has 0 saturated carbocycles. The molecule has 3 atom stereocenters. The van der Waals surface area contributed by atoms with Crippen LogP contribution < -0.4 is 15.4 Å². The highest BCUT2D eigenvalue weighted by molar-refractivity contribution is 6.06. The number of amides is 1. The third kappa shape index (κ3) is 3.66. The van der Waals surface area contributed by atoms with Crippen molar-refractivity contribution >= 4 is 17.2 Å². The Morgan fingerprint density at radius 1 is 1.31 bits per heavy atom. The minimum atomic E-state index is -4.25. The molecule has 9 nitrogen and oxygen atoms in total. The molecule has 0 radical (unpaired) electrons. The predicted molar refractivity (Wildman–Crippen MR) is 124 cm³/mol. The number of aromatic nitrogens is 3. The van der Waals surface area contributed by atoms with Gasteiger partial charge in [-0.25, -0.2) is 9.50 Å². The lowest BCUT2D eigenvalue weighted by molar-refractivity contribution is -0.148. The van der Waals surface area contributed by atoms with Crippen LogP contribution in [0, 0.1) is 0 Å². The number of hydrogen-bond donors (Lipinski definition) is 2. The molecule has 3 N–H and O–H groups in total. The average molecular weight is 502 g/mol. The van der Waals surface area contributed by atoms with E-state index in [1.54, 1.807) is 18.5 Å². The number of halogens is 3. The summed E-state index contributed by atoms with van der Waals surface area (Å²) in [7, 11) is 0. The highest BCUT2D eigenvalue weighted by Gasteiger charge is 2.48. The number of nitrogens with two attached hydrogens (primary N) is 1. The van der Waals surface area contributed by atoms with E-state index in [9.17, 15) is 23.1 Å². The van der Waals surface area contributed by atoms with Gasteiger partial charge in [0.15, 0.2) is 5.65 Å². The van der Waals surface area contributed by atoms with E-state index in [0.29, 0.717) is 47.7 Å². The normalized spacial score (nSPS) is 25.5. The third-order valence-electron chi connectivity index (χ3n) is 7.38. The number of rotatable bonds is 5. The molecule has 36 heavy (non-hydrogen) atoms. The molecule has 0 spiro atoms. The monoisotopic (exact) mass is 502 g/mol. The predicted octanol–water partition coefficient (Wildman–Crippen LogP) is 2.01. The summed E-state index contributed by atoms with van der Waals surface area (Å²) >= 11 is 0. The van der Waals surface area contributed by atoms with Gasteiger partial charge in [0.25, 0.3) is 5.91 Å². The molecule has 3 aliphatic rings. The summed E-state index contributed by atoms with van der Waals surface area (Å²) < 4.78 is 46.7. The van der Waals surface area contributed by atoms with Gasteiger partial charge in [0.1, 0.15) is 22.6 Å². The molecule has 6 rings (SSSR count). The Hall–Kier alpha value is -3.38. The average Bonchev–Trinajstić information content (AvgIpc) is 3.56. The number of benzene rings is 1. The van der Waals surface area contributed by atoms with Gasteiger partial charge in [-0.3, -0.25) is 9.69 Å². The number of carbonyl (C=O) groups excluding carboxylic acids is 1. The van der Waals surface area contributed by atoms with Gasteiger partial charge >= 0.3 is 6.18 Å². The highest BCUT2D eigenvalue weighted by atomic mass is 19.4. The van der Waals surface area contributed by atoms with Crippen molar-refractivity contribution in [2.75, 3.05) is 31.1 Å². The van der Waals surface area contributed by atoms with Gasteiger partial charge in [-0.05, 0) is 31.0 Å². The van der Waals surface area contributed by atoms with Gasteiger partial charge in [0.2, 0.25) is 0 Å². The zero-order valence-corrected chi connectivity index (χ0v) is 19.5. The lowest BCUT2D eigenvalue weighted by atomic mass is 9.95. The van der Waals surface area contributed by atoms with Crippen LogP contribution in [0.25, 0.3) is 16.9 Å². The molecule has 1 aromatic carbocycles. The summed E-state index contributed by atoms with van der Waals surface area (Å²) in [4.78, 5) is 20.4. The van der Waals surface area contributed by atoms with Crippen molar-refractivity contribution in [2.45, 2.75) is 43.6 Å². The van der Waals surface area contributed by atoms with Gasteiger partial charge < -0.3 is 20.5 Å². The zero-order chi connectivity index (χ0) is 25.4. The van der Waals surface area contributed by atoms with Crippen molar-refractivity contribution in [1.29, 1.82) is 0 Å². The molecular formula is C24H25F3N6O3. The Balaban J connectivity index is 1.47. The molecule has 2 bridgehead atoms. The molecule has 2 aromatic heterocycles. The van der Waals surface area contributed by atoms with Crippen LogP contribution in [0.2, 0.25) is 0 Å². The van der Waals surface area contributed by atoms with Crippen molar-refractivity contribution < 1.29 is 27.8 Å². The summed E-state index contributed by atoms with van der Waals surface area (Å²) in [6, 6.07) is 5.06. The van der Waals surface area contributed by atoms with Crippen LogP contribution >= 0.6 is 0 Å². The number of hydrogen-bond acceptors (Lipinski definition) is 7. The standard InChI is InChI=1S/C24H25F3N6O3/c1-23(12-34)8-13-5-16(20-19(21(28)35)22-29-3-2-4-33(22)30-20)17(7-18(13)36-23)32-10-14-6-15(32)9-31(14)11-24(25,26)27/h2-5,7,14-15,34H,6,8-12H2,1H3,(H2,28,35)/t14-,15-,23+/m0/s1. The molecule has 2 fully saturated rings. The Labute approximate surface area is 204 Å². The largest absolute Gasteiger partial charge is 0.484 e. The maximum absolute atomic E-state index is 13.1. The molecular weight excluding hydrogens is 477 g/mol. The number of aliphatic hydroxyl groups excluding tert-OH is 1. The van der Waals surface area contributed by atoms with Crippen molar-refractivity contribution in [1.82, 2.24) is 19.5 Å². The van der Waals surface area contributed by atoms with Gasteiger partial charge in [-0.1, -0.05) is 0 Å². The third-order valence-corrected chi connectivity index (χ3v) is 7.38. The van der Waals surface area contributed by atoms with Crippen LogP contribution in [-0.4, -0.2) is 80.6 Å². The number of alkyl halides is 3. The highest BCUT2D eigenvalue weighted by Crippen LogP contribution is 2.47. The maximum Gasteiger partial charge on any atom is 0.401 e. The molecule has 2 saturated heterocycles. The van der Waals surface area contributed by atoms with Crippen LogP contribution in [0.4, 0.5) is 18.9 Å². The topological polar surface area (TPSA) is 109 Å². The molecule has 0 aliphatic carbocycles. The quantitative estimate of drug-likeness (QED) is 0.549. The summed E-state index contributed by atoms with van der Waals surface area (Å²) in [6.45, 7) is 1.38. The maximum atomic E-state index is 13.1. The van der Waals surface area contributed by atoms with E-state index in [2.05, 4.69) is 15.0 Å². The van der Waals surface area contributed by atoms with Crippen LogP contribution in [-0.2, 0) is 6.42 Å². The summed E-state index contributed by atoms with van der Waals surface area (Å²) in [5.74, 6) is -0.0800. The number of primary amides is 1. The molecule has 3 aliphatic heterocycles. The summed E-state index contributed by atoms with van der Waals surface area (Å²) in [5.41, 5.74) is 8.00. The van der Waals surface area contributed by atoms with Crippen LogP contribution in [0.1, 0.15) is 29.3 Å². The molecule has 12 heteroatoms. The molecule has 0 unspecified atom stereocenters. The van der Waals surface area contributed by atoms with Crippen molar-refractivity contribution in [3.8, 4) is 17.0 Å². The number of fused-ring (bicyclic) bond motifs is 4. The Bertz CT molecular complexity index is 1380. The van der Waals surface area contributed by atoms with Crippen LogP contribution in [0.5, 0.6) is 5.75 Å². The Morgan fingerprint density at radius 2 is 2.11 bits per heavy atom. The first-order valence-electron chi connectivity index (χ1n) is 11.7. The number of piperazine rings is 1. The SMILES string of the molecule is C[C@]1(CO)Cc2cc(-c3nn4cccnc4c3C(N)=O)c(N3C[C@@H]4C[C@H]3CN4CC(F)(F)F)cc2O1. The number of anilines is 1. The fourth-order valence-electron chi connectivity index (χ4n) is 5.84. The fourth-order valence-corrected chi connectivity index (χ4v) is 5.84. The molecule has 5 heterocycles. The van der Waals surface area contributed by atoms with E-state index >= 15 is 0 Å². The van der Waals surface area contributed by atoms with E-state index in [0.717, 1.165) is 5.56 Å². The van der Waals surface area contributed by atoms with Crippen LogP contribution in [0.15, 0.2) is 30.6 Å². The van der Waals surface area contributed by atoms with E-state index in [1.165, 1.54) is 9.42 Å². The number of carbonyl (C=O) groups is 1. The number of likely N-dealkylation sites (tertiary alicyclic amines) is 1. The molecule has 3 aromatic rings. The second kappa shape index (κ2) is 7.81. The second-order valence-corrected chi connectivity index (χ2v) is 10.1. The minimum Gasteiger partial charge on any atom is -0.484 e. The van der Waals surface area contributed by atoms with Crippen molar-refractivity contribution in [2.24, 2.45) is 5.73 Å². The molecule has 190 valence electrons. The van der Waals surface area contributed by atoms with Gasteiger partial charge in [-0.15, -0.1) is 0 Å². The summed E-state index contributed by atoms with van der Waals surface area (Å²) in [5, 5.41) is 14.5. The lowest BCUT2D eigenvalue weighted by Gasteiger charge is -2.36. The van der Waals surface area contributed by atoms with Gasteiger partial charge in [0.05, 0.1) is 18.8 Å². The number of aliphatic hydroxyl groups is 1. The molecule has 1 amide bonds. The van der Waals surface area contributed by atoms with Gasteiger partial charge in [0, 0.05) is 55.6 Å². The van der Waals surface area contributed by atoms with E-state index in [4.69, 9.17) is 10.5 Å². The number of ether oxygens (including phenoxy) is 1. The second-order valence-electron chi connectivity index (χ2n) is 10.1. The smallest absolute Gasteiger partial charge is 0.401 e. The van der Waals surface area contributed by atoms with Crippen molar-refractivity contribution in [3.63, 3.8) is 0 Å². The first kappa shape index (κ1) is 23.0. The van der Waals surface area contributed by atoms with Gasteiger partial charge in [-0.2, -0.15) is 18.3 Å². The Kier molecular flexibility index (Phi) is 5.00. The van der Waals surface area contributed by atoms with Crippen LogP contribution in [0.3, 0.4) is 0 Å². The van der Waals surface area contributed by atoms with Crippen molar-refractivity contribution in [3.05, 3.63) is 41.7 Å². The lowest BCUT2D eigenvalue weighted by Crippen LogP contribution is -2.49. The van der Waals surface area contributed by atoms with E-state index in [1.807, 2.05) is 19.1 Å². The first-order valence-corrected chi connectivity index (χ1v) is 11.7. The van der Waals surface area contributed by atoms with E-state index < -0.39 is 24.2 Å². The zero-order valence-electron chi connectivity index (χ0n) is 19.5. The first-order chi connectivity index (χ1) is 17.0. The fraction of sp³-hybridized carbons (Fsp3) is 0.458. The van der Waals surface area contributed by atoms with E-state index in [-0.39, 0.29) is 30.8 Å². The minimum absolute atomic E-state index is 0.132. The Morgan fingerprint density at radius 3 is 2.78 bits per heavy atom.